The standard InChI is InChI=1S/C15H15NO2S/c1-18-12-4-5-14-11(9-12)6-7-16(14)15(17)10-13-3-2-8-19-13/h2-5,8-9H,6-7,10H2,1H3. The summed E-state index contributed by atoms with van der Waals surface area (Å²) in [5.74, 6) is 1.03. The van der Waals surface area contributed by atoms with Crippen LogP contribution < -0.4 is 9.64 Å². The quantitative estimate of drug-likeness (QED) is 0.860. The molecule has 1 aliphatic heterocycles. The fourth-order valence-electron chi connectivity index (χ4n) is 2.42. The molecule has 3 rings (SSSR count). The van der Waals surface area contributed by atoms with Crippen molar-refractivity contribution in [2.45, 2.75) is 12.8 Å². The number of carbonyl (C=O) groups is 1. The van der Waals surface area contributed by atoms with Crippen LogP contribution in [0, 0.1) is 0 Å². The summed E-state index contributed by atoms with van der Waals surface area (Å²) in [6, 6.07) is 9.90. The maximum Gasteiger partial charge on any atom is 0.232 e. The number of thiophene rings is 1. The molecule has 0 spiro atoms. The number of amides is 1. The van der Waals surface area contributed by atoms with E-state index in [0.29, 0.717) is 6.42 Å². The number of rotatable bonds is 3. The number of benzene rings is 1. The summed E-state index contributed by atoms with van der Waals surface area (Å²) in [7, 11) is 1.66. The molecule has 0 saturated heterocycles. The molecule has 0 aliphatic carbocycles. The maximum atomic E-state index is 12.3. The summed E-state index contributed by atoms with van der Waals surface area (Å²) in [4.78, 5) is 15.3. The van der Waals surface area contributed by atoms with Gasteiger partial charge in [0.25, 0.3) is 0 Å². The Bertz CT molecular complexity index is 592. The number of hydrogen-bond acceptors (Lipinski definition) is 3. The molecule has 3 nitrogen and oxygen atoms in total. The van der Waals surface area contributed by atoms with E-state index < -0.39 is 0 Å². The lowest BCUT2D eigenvalue weighted by atomic mass is 10.1. The van der Waals surface area contributed by atoms with Crippen molar-refractivity contribution in [2.24, 2.45) is 0 Å². The summed E-state index contributed by atoms with van der Waals surface area (Å²) in [5, 5.41) is 2.01. The maximum absolute atomic E-state index is 12.3. The lowest BCUT2D eigenvalue weighted by Gasteiger charge is -2.17. The van der Waals surface area contributed by atoms with Crippen LogP contribution in [0.4, 0.5) is 5.69 Å². The molecule has 19 heavy (non-hydrogen) atoms. The summed E-state index contributed by atoms with van der Waals surface area (Å²) >= 11 is 1.63. The number of nitrogens with zero attached hydrogens (tertiary/aromatic N) is 1. The van der Waals surface area contributed by atoms with Gasteiger partial charge in [-0.2, -0.15) is 0 Å². The molecule has 0 saturated carbocycles. The molecule has 0 fully saturated rings. The molecule has 0 N–H and O–H groups in total. The first kappa shape index (κ1) is 12.2. The first-order chi connectivity index (χ1) is 9.28. The SMILES string of the molecule is COc1ccc2c(c1)CCN2C(=O)Cc1cccs1. The van der Waals surface area contributed by atoms with Crippen molar-refractivity contribution in [1.29, 1.82) is 0 Å². The molecule has 0 bridgehead atoms. The average molecular weight is 273 g/mol. The molecule has 1 aromatic heterocycles. The number of fused-ring (bicyclic) bond motifs is 1. The Balaban J connectivity index is 1.80. The van der Waals surface area contributed by atoms with E-state index in [1.165, 1.54) is 5.56 Å². The fraction of sp³-hybridized carbons (Fsp3) is 0.267. The van der Waals surface area contributed by atoms with Gasteiger partial charge >= 0.3 is 0 Å². The smallest absolute Gasteiger partial charge is 0.232 e. The van der Waals surface area contributed by atoms with E-state index in [4.69, 9.17) is 4.74 Å². The van der Waals surface area contributed by atoms with Crippen LogP contribution in [0.15, 0.2) is 35.7 Å². The van der Waals surface area contributed by atoms with E-state index in [9.17, 15) is 4.79 Å². The molecule has 4 heteroatoms. The summed E-state index contributed by atoms with van der Waals surface area (Å²) in [6.45, 7) is 0.771. The molecule has 0 radical (unpaired) electrons. The number of anilines is 1. The minimum Gasteiger partial charge on any atom is -0.497 e. The molecule has 0 unspecified atom stereocenters. The van der Waals surface area contributed by atoms with E-state index in [1.54, 1.807) is 18.4 Å². The van der Waals surface area contributed by atoms with Crippen molar-refractivity contribution in [1.82, 2.24) is 0 Å². The third-order valence-corrected chi connectivity index (χ3v) is 4.27. The number of hydrogen-bond donors (Lipinski definition) is 0. The van der Waals surface area contributed by atoms with Gasteiger partial charge in [-0.25, -0.2) is 0 Å². The van der Waals surface area contributed by atoms with Gasteiger partial charge in [-0.05, 0) is 41.6 Å². The van der Waals surface area contributed by atoms with Crippen LogP contribution in [0.25, 0.3) is 0 Å². The van der Waals surface area contributed by atoms with E-state index >= 15 is 0 Å². The van der Waals surface area contributed by atoms with Crippen LogP contribution in [0.2, 0.25) is 0 Å². The predicted molar refractivity (Wildman–Crippen MR) is 77.1 cm³/mol. The minimum atomic E-state index is 0.173. The highest BCUT2D eigenvalue weighted by Crippen LogP contribution is 2.31. The molecular formula is C15H15NO2S. The van der Waals surface area contributed by atoms with Gasteiger partial charge in [0.2, 0.25) is 5.91 Å². The van der Waals surface area contributed by atoms with Gasteiger partial charge in [-0.1, -0.05) is 6.07 Å². The largest absolute Gasteiger partial charge is 0.497 e. The lowest BCUT2D eigenvalue weighted by Crippen LogP contribution is -2.30. The van der Waals surface area contributed by atoms with E-state index in [0.717, 1.165) is 29.3 Å². The first-order valence-electron chi connectivity index (χ1n) is 6.27. The molecule has 2 aromatic rings. The number of carbonyl (C=O) groups excluding carboxylic acids is 1. The van der Waals surface area contributed by atoms with Crippen LogP contribution in [-0.4, -0.2) is 19.6 Å². The molecule has 1 aromatic carbocycles. The fourth-order valence-corrected chi connectivity index (χ4v) is 3.12. The van der Waals surface area contributed by atoms with Gasteiger partial charge in [-0.15, -0.1) is 11.3 Å². The topological polar surface area (TPSA) is 29.5 Å². The van der Waals surface area contributed by atoms with Gasteiger partial charge in [-0.3, -0.25) is 4.79 Å². The normalized spacial score (nSPS) is 13.4. The Morgan fingerprint density at radius 2 is 2.32 bits per heavy atom. The second kappa shape index (κ2) is 5.05. The summed E-state index contributed by atoms with van der Waals surface area (Å²) < 4.78 is 5.22. The van der Waals surface area contributed by atoms with Crippen LogP contribution in [0.5, 0.6) is 5.75 Å². The number of methoxy groups -OCH3 is 1. The van der Waals surface area contributed by atoms with E-state index in [2.05, 4.69) is 0 Å². The Labute approximate surface area is 116 Å². The number of ether oxygens (including phenoxy) is 1. The molecule has 1 aliphatic rings. The Hall–Kier alpha value is -1.81. The van der Waals surface area contributed by atoms with Gasteiger partial charge in [0.05, 0.1) is 13.5 Å². The van der Waals surface area contributed by atoms with Gasteiger partial charge in [0.15, 0.2) is 0 Å². The zero-order valence-electron chi connectivity index (χ0n) is 10.8. The van der Waals surface area contributed by atoms with Gasteiger partial charge in [0.1, 0.15) is 5.75 Å². The van der Waals surface area contributed by atoms with Crippen LogP contribution in [0.1, 0.15) is 10.4 Å². The summed E-state index contributed by atoms with van der Waals surface area (Å²) in [5.41, 5.74) is 2.22. The van der Waals surface area contributed by atoms with E-state index in [-0.39, 0.29) is 5.91 Å². The van der Waals surface area contributed by atoms with Crippen LogP contribution >= 0.6 is 11.3 Å². The molecule has 0 atom stereocenters. The molecular weight excluding hydrogens is 258 g/mol. The minimum absolute atomic E-state index is 0.173. The zero-order chi connectivity index (χ0) is 13.2. The Kier molecular flexibility index (Phi) is 3.25. The third kappa shape index (κ3) is 2.36. The van der Waals surface area contributed by atoms with Crippen molar-refractivity contribution in [2.75, 3.05) is 18.6 Å². The van der Waals surface area contributed by atoms with E-state index in [1.807, 2.05) is 40.6 Å². The van der Waals surface area contributed by atoms with Gasteiger partial charge in [0, 0.05) is 17.1 Å². The second-order valence-corrected chi connectivity index (χ2v) is 5.58. The average Bonchev–Trinajstić information content (AvgIpc) is 3.06. The molecule has 1 amide bonds. The van der Waals surface area contributed by atoms with Crippen LogP contribution in [0.3, 0.4) is 0 Å². The van der Waals surface area contributed by atoms with Crippen molar-refractivity contribution in [3.05, 3.63) is 46.2 Å². The highest BCUT2D eigenvalue weighted by atomic mass is 32.1. The highest BCUT2D eigenvalue weighted by molar-refractivity contribution is 7.10. The van der Waals surface area contributed by atoms with Crippen molar-refractivity contribution in [3.8, 4) is 5.75 Å². The van der Waals surface area contributed by atoms with Crippen LogP contribution in [-0.2, 0) is 17.6 Å². The molecule has 2 heterocycles. The monoisotopic (exact) mass is 273 g/mol. The second-order valence-electron chi connectivity index (χ2n) is 4.55. The van der Waals surface area contributed by atoms with Crippen molar-refractivity contribution >= 4 is 22.9 Å². The third-order valence-electron chi connectivity index (χ3n) is 3.39. The summed E-state index contributed by atoms with van der Waals surface area (Å²) in [6.07, 6.45) is 1.39. The van der Waals surface area contributed by atoms with Gasteiger partial charge < -0.3 is 9.64 Å². The lowest BCUT2D eigenvalue weighted by molar-refractivity contribution is -0.117. The Morgan fingerprint density at radius 1 is 1.42 bits per heavy atom. The van der Waals surface area contributed by atoms with Crippen molar-refractivity contribution in [3.63, 3.8) is 0 Å². The Morgan fingerprint density at radius 3 is 3.05 bits per heavy atom. The van der Waals surface area contributed by atoms with Crippen molar-refractivity contribution < 1.29 is 9.53 Å². The molecule has 98 valence electrons. The highest BCUT2D eigenvalue weighted by Gasteiger charge is 2.25. The first-order valence-corrected chi connectivity index (χ1v) is 7.15. The zero-order valence-corrected chi connectivity index (χ0v) is 11.6. The predicted octanol–water partition coefficient (Wildman–Crippen LogP) is 2.89.